The van der Waals surface area contributed by atoms with Crippen LogP contribution in [0.15, 0.2) is 60.8 Å². The average molecular weight is 374 g/mol. The van der Waals surface area contributed by atoms with E-state index in [9.17, 15) is 4.79 Å². The molecule has 0 atom stereocenters. The van der Waals surface area contributed by atoms with Gasteiger partial charge in [-0.3, -0.25) is 14.7 Å². The molecule has 1 fully saturated rings. The number of aromatic nitrogens is 1. The van der Waals surface area contributed by atoms with Gasteiger partial charge in [-0.2, -0.15) is 0 Å². The molecule has 1 aliphatic carbocycles. The van der Waals surface area contributed by atoms with Crippen LogP contribution in [0.3, 0.4) is 0 Å². The zero-order chi connectivity index (χ0) is 19.3. The Balaban J connectivity index is 1.54. The van der Waals surface area contributed by atoms with Crippen LogP contribution in [0.5, 0.6) is 0 Å². The summed E-state index contributed by atoms with van der Waals surface area (Å²) in [5.41, 5.74) is 3.53. The maximum atomic E-state index is 13.0. The molecule has 28 heavy (non-hydrogen) atoms. The molecule has 0 unspecified atom stereocenters. The summed E-state index contributed by atoms with van der Waals surface area (Å²) < 4.78 is 0. The highest BCUT2D eigenvalue weighted by Crippen LogP contribution is 2.25. The number of carbonyl (C=O) groups is 1. The van der Waals surface area contributed by atoms with Crippen LogP contribution >= 0.6 is 0 Å². The van der Waals surface area contributed by atoms with E-state index < -0.39 is 0 Å². The number of nitrogens with zero attached hydrogens (tertiary/aromatic N) is 2. The number of nitrogens with one attached hydrogen (secondary N) is 1. The Labute approximate surface area is 166 Å². The van der Waals surface area contributed by atoms with E-state index in [0.717, 1.165) is 28.7 Å². The Bertz CT molecular complexity index is 957. The summed E-state index contributed by atoms with van der Waals surface area (Å²) in [5.74, 6) is -0.0913. The molecule has 0 aliphatic heterocycles. The van der Waals surface area contributed by atoms with Crippen molar-refractivity contribution in [2.24, 2.45) is 0 Å². The van der Waals surface area contributed by atoms with E-state index in [0.29, 0.717) is 11.6 Å². The first-order valence-electron chi connectivity index (χ1n) is 10.2. The van der Waals surface area contributed by atoms with Crippen molar-refractivity contribution in [2.45, 2.75) is 44.7 Å². The van der Waals surface area contributed by atoms with E-state index in [1.807, 2.05) is 48.5 Å². The molecular formula is C24H27N3O. The summed E-state index contributed by atoms with van der Waals surface area (Å²) in [4.78, 5) is 19.8. The first-order valence-corrected chi connectivity index (χ1v) is 10.2. The molecule has 1 aliphatic rings. The van der Waals surface area contributed by atoms with Crippen molar-refractivity contribution < 1.29 is 4.79 Å². The number of para-hydroxylation sites is 1. The van der Waals surface area contributed by atoms with Crippen molar-refractivity contribution in [1.82, 2.24) is 9.88 Å². The van der Waals surface area contributed by atoms with E-state index in [-0.39, 0.29) is 5.91 Å². The molecule has 1 saturated carbocycles. The minimum absolute atomic E-state index is 0.0913. The molecular weight excluding hydrogens is 346 g/mol. The normalized spacial score (nSPS) is 15.1. The number of carbonyl (C=O) groups excluding carboxylic acids is 1. The second kappa shape index (κ2) is 8.53. The van der Waals surface area contributed by atoms with E-state index in [2.05, 4.69) is 28.3 Å². The number of anilines is 1. The van der Waals surface area contributed by atoms with Gasteiger partial charge >= 0.3 is 0 Å². The average Bonchev–Trinajstić information content (AvgIpc) is 2.75. The molecule has 0 bridgehead atoms. The van der Waals surface area contributed by atoms with E-state index >= 15 is 0 Å². The third kappa shape index (κ3) is 4.07. The SMILES string of the molecule is CN(Cc1ccccc1NC(=O)c1cccc2ncccc12)C1CCCCC1. The molecule has 4 heteroatoms. The number of fused-ring (bicyclic) bond motifs is 1. The maximum absolute atomic E-state index is 13.0. The third-order valence-corrected chi connectivity index (χ3v) is 5.77. The lowest BCUT2D eigenvalue weighted by molar-refractivity contribution is 0.102. The van der Waals surface area contributed by atoms with Gasteiger partial charge in [0.1, 0.15) is 0 Å². The van der Waals surface area contributed by atoms with E-state index in [1.54, 1.807) is 6.20 Å². The Morgan fingerprint density at radius 3 is 2.71 bits per heavy atom. The van der Waals surface area contributed by atoms with E-state index in [4.69, 9.17) is 0 Å². The molecule has 1 aromatic heterocycles. The summed E-state index contributed by atoms with van der Waals surface area (Å²) in [5, 5.41) is 4.01. The Hall–Kier alpha value is -2.72. The summed E-state index contributed by atoms with van der Waals surface area (Å²) in [6.07, 6.45) is 8.30. The van der Waals surface area contributed by atoms with Crippen LogP contribution in [-0.2, 0) is 6.54 Å². The summed E-state index contributed by atoms with van der Waals surface area (Å²) in [6.45, 7) is 0.845. The van der Waals surface area contributed by atoms with Gasteiger partial charge in [0.05, 0.1) is 5.52 Å². The lowest BCUT2D eigenvalue weighted by Gasteiger charge is -2.31. The van der Waals surface area contributed by atoms with Gasteiger partial charge in [0.25, 0.3) is 5.91 Å². The van der Waals surface area contributed by atoms with Gasteiger partial charge < -0.3 is 5.32 Å². The molecule has 4 nitrogen and oxygen atoms in total. The number of amides is 1. The van der Waals surface area contributed by atoms with Gasteiger partial charge in [-0.25, -0.2) is 0 Å². The summed E-state index contributed by atoms with van der Waals surface area (Å²) >= 11 is 0. The van der Waals surface area contributed by atoms with Crippen LogP contribution in [0.1, 0.15) is 48.0 Å². The number of benzene rings is 2. The maximum Gasteiger partial charge on any atom is 0.256 e. The Morgan fingerprint density at radius 2 is 1.86 bits per heavy atom. The predicted octanol–water partition coefficient (Wildman–Crippen LogP) is 5.25. The summed E-state index contributed by atoms with van der Waals surface area (Å²) in [7, 11) is 2.20. The fraction of sp³-hybridized carbons (Fsp3) is 0.333. The van der Waals surface area contributed by atoms with Gasteiger partial charge in [0.2, 0.25) is 0 Å². The molecule has 3 aromatic rings. The lowest BCUT2D eigenvalue weighted by Crippen LogP contribution is -2.33. The molecule has 1 N–H and O–H groups in total. The number of hydrogen-bond acceptors (Lipinski definition) is 3. The van der Waals surface area contributed by atoms with Crippen LogP contribution < -0.4 is 5.32 Å². The second-order valence-corrected chi connectivity index (χ2v) is 7.69. The van der Waals surface area contributed by atoms with Crippen molar-refractivity contribution >= 4 is 22.5 Å². The molecule has 2 aromatic carbocycles. The van der Waals surface area contributed by atoms with Gasteiger partial charge in [0.15, 0.2) is 0 Å². The van der Waals surface area contributed by atoms with Crippen molar-refractivity contribution in [3.63, 3.8) is 0 Å². The standard InChI is InChI=1S/C24H27N3O/c1-27(19-10-3-2-4-11-19)17-18-9-5-6-14-22(18)26-24(28)21-12-7-15-23-20(21)13-8-16-25-23/h5-9,12-16,19H,2-4,10-11,17H2,1H3,(H,26,28). The van der Waals surface area contributed by atoms with Crippen LogP contribution in [0, 0.1) is 0 Å². The zero-order valence-corrected chi connectivity index (χ0v) is 16.4. The molecule has 1 amide bonds. The first-order chi connectivity index (χ1) is 13.7. The van der Waals surface area contributed by atoms with Gasteiger partial charge in [-0.05, 0) is 49.7 Å². The van der Waals surface area contributed by atoms with Gasteiger partial charge in [0, 0.05) is 35.4 Å². The zero-order valence-electron chi connectivity index (χ0n) is 16.4. The molecule has 4 rings (SSSR count). The molecule has 144 valence electrons. The van der Waals surface area contributed by atoms with Crippen molar-refractivity contribution in [2.75, 3.05) is 12.4 Å². The van der Waals surface area contributed by atoms with Gasteiger partial charge in [-0.15, -0.1) is 0 Å². The van der Waals surface area contributed by atoms with Crippen LogP contribution in [0.25, 0.3) is 10.9 Å². The highest BCUT2D eigenvalue weighted by atomic mass is 16.1. The van der Waals surface area contributed by atoms with Crippen molar-refractivity contribution in [3.8, 4) is 0 Å². The minimum atomic E-state index is -0.0913. The molecule has 1 heterocycles. The number of rotatable bonds is 5. The largest absolute Gasteiger partial charge is 0.322 e. The fourth-order valence-corrected chi connectivity index (χ4v) is 4.19. The second-order valence-electron chi connectivity index (χ2n) is 7.69. The number of hydrogen-bond donors (Lipinski definition) is 1. The highest BCUT2D eigenvalue weighted by molar-refractivity contribution is 6.12. The molecule has 0 spiro atoms. The van der Waals surface area contributed by atoms with Crippen molar-refractivity contribution in [1.29, 1.82) is 0 Å². The molecule has 0 saturated heterocycles. The highest BCUT2D eigenvalue weighted by Gasteiger charge is 2.19. The Kier molecular flexibility index (Phi) is 5.68. The fourth-order valence-electron chi connectivity index (χ4n) is 4.19. The van der Waals surface area contributed by atoms with Gasteiger partial charge in [-0.1, -0.05) is 49.6 Å². The van der Waals surface area contributed by atoms with Crippen LogP contribution in [0.2, 0.25) is 0 Å². The minimum Gasteiger partial charge on any atom is -0.322 e. The smallest absolute Gasteiger partial charge is 0.256 e. The number of pyridine rings is 1. The third-order valence-electron chi connectivity index (χ3n) is 5.77. The topological polar surface area (TPSA) is 45.2 Å². The first kappa shape index (κ1) is 18.6. The predicted molar refractivity (Wildman–Crippen MR) is 114 cm³/mol. The van der Waals surface area contributed by atoms with Crippen LogP contribution in [-0.4, -0.2) is 28.9 Å². The molecule has 0 radical (unpaired) electrons. The van der Waals surface area contributed by atoms with Crippen molar-refractivity contribution in [3.05, 3.63) is 71.9 Å². The van der Waals surface area contributed by atoms with E-state index in [1.165, 1.54) is 32.1 Å². The lowest BCUT2D eigenvalue weighted by atomic mass is 9.94. The Morgan fingerprint density at radius 1 is 1.04 bits per heavy atom. The summed E-state index contributed by atoms with van der Waals surface area (Å²) in [6, 6.07) is 18.2. The monoisotopic (exact) mass is 373 g/mol. The van der Waals surface area contributed by atoms with Crippen LogP contribution in [0.4, 0.5) is 5.69 Å². The quantitative estimate of drug-likeness (QED) is 0.664.